The van der Waals surface area contributed by atoms with Crippen LogP contribution in [0.15, 0.2) is 36.4 Å². The smallest absolute Gasteiger partial charge is 0.163 e. The van der Waals surface area contributed by atoms with E-state index in [1.807, 2.05) is 36.4 Å². The lowest BCUT2D eigenvalue weighted by molar-refractivity contribution is 0.172. The van der Waals surface area contributed by atoms with Gasteiger partial charge in [-0.05, 0) is 30.7 Å². The molecule has 2 heterocycles. The fraction of sp³-hybridized carbons (Fsp3) is 0.278. The van der Waals surface area contributed by atoms with Crippen molar-refractivity contribution in [2.75, 3.05) is 25.6 Å². The number of fused-ring (bicyclic) bond motifs is 2. The number of imidazole rings is 1. The zero-order valence-electron chi connectivity index (χ0n) is 13.2. The molecule has 0 atom stereocenters. The fourth-order valence-electron chi connectivity index (χ4n) is 2.97. The van der Waals surface area contributed by atoms with E-state index >= 15 is 0 Å². The van der Waals surface area contributed by atoms with Crippen molar-refractivity contribution in [1.29, 1.82) is 0 Å². The van der Waals surface area contributed by atoms with E-state index in [1.165, 1.54) is 0 Å². The average Bonchev–Trinajstić information content (AvgIpc) is 2.96. The number of aliphatic hydroxyl groups is 1. The summed E-state index contributed by atoms with van der Waals surface area (Å²) >= 11 is 0. The number of ether oxygens (including phenoxy) is 2. The lowest BCUT2D eigenvalue weighted by Gasteiger charge is -2.18. The Bertz CT molecular complexity index is 871. The molecule has 24 heavy (non-hydrogen) atoms. The summed E-state index contributed by atoms with van der Waals surface area (Å²) in [7, 11) is 0. The number of aryl methyl sites for hydroxylation is 1. The van der Waals surface area contributed by atoms with Crippen LogP contribution in [0.5, 0.6) is 11.5 Å². The molecule has 1 aliphatic rings. The highest BCUT2D eigenvalue weighted by Gasteiger charge is 2.18. The maximum Gasteiger partial charge on any atom is 0.163 e. The standard InChI is InChI=1S/C18H19N3O3/c19-13-4-2-12(3-5-13)18-20-14-10-16-17(24-9-8-23-16)11-15(14)21(18)6-1-7-22/h2-5,10-11,22H,1,6-9,19H2. The molecule has 1 aliphatic heterocycles. The van der Waals surface area contributed by atoms with Crippen LogP contribution < -0.4 is 15.2 Å². The summed E-state index contributed by atoms with van der Waals surface area (Å²) in [4.78, 5) is 4.78. The summed E-state index contributed by atoms with van der Waals surface area (Å²) in [5, 5.41) is 9.23. The molecule has 0 bridgehead atoms. The van der Waals surface area contributed by atoms with Gasteiger partial charge in [-0.3, -0.25) is 0 Å². The molecule has 0 saturated carbocycles. The van der Waals surface area contributed by atoms with E-state index in [0.29, 0.717) is 31.9 Å². The van der Waals surface area contributed by atoms with Crippen LogP contribution in [0.4, 0.5) is 5.69 Å². The second-order valence-corrected chi connectivity index (χ2v) is 5.77. The van der Waals surface area contributed by atoms with Gasteiger partial charge in [0.2, 0.25) is 0 Å². The number of nitrogens with two attached hydrogens (primary N) is 1. The molecule has 6 nitrogen and oxygen atoms in total. The van der Waals surface area contributed by atoms with Crippen LogP contribution in [-0.4, -0.2) is 34.5 Å². The molecule has 6 heteroatoms. The molecule has 3 aromatic rings. The number of benzene rings is 2. The minimum atomic E-state index is 0.130. The van der Waals surface area contributed by atoms with Gasteiger partial charge in [0, 0.05) is 36.5 Å². The number of nitrogens with zero attached hydrogens (tertiary/aromatic N) is 2. The van der Waals surface area contributed by atoms with E-state index in [1.54, 1.807) is 0 Å². The number of nitrogen functional groups attached to an aromatic ring is 1. The van der Waals surface area contributed by atoms with Gasteiger partial charge < -0.3 is 24.9 Å². The molecular formula is C18H19N3O3. The van der Waals surface area contributed by atoms with E-state index in [-0.39, 0.29) is 6.61 Å². The SMILES string of the molecule is Nc1ccc(-c2nc3cc4c(cc3n2CCCO)OCCO4)cc1. The topological polar surface area (TPSA) is 82.5 Å². The Morgan fingerprint density at radius 3 is 2.50 bits per heavy atom. The van der Waals surface area contributed by atoms with Crippen LogP contribution in [0.2, 0.25) is 0 Å². The van der Waals surface area contributed by atoms with Gasteiger partial charge in [-0.2, -0.15) is 0 Å². The first-order valence-corrected chi connectivity index (χ1v) is 8.03. The third-order valence-electron chi connectivity index (χ3n) is 4.12. The van der Waals surface area contributed by atoms with Crippen LogP contribution in [-0.2, 0) is 6.54 Å². The highest BCUT2D eigenvalue weighted by Crippen LogP contribution is 2.36. The van der Waals surface area contributed by atoms with Crippen LogP contribution in [0.3, 0.4) is 0 Å². The maximum absolute atomic E-state index is 9.23. The third kappa shape index (κ3) is 2.55. The van der Waals surface area contributed by atoms with Crippen LogP contribution >= 0.6 is 0 Å². The highest BCUT2D eigenvalue weighted by atomic mass is 16.6. The molecule has 1 aromatic heterocycles. The monoisotopic (exact) mass is 325 g/mol. The number of hydrogen-bond acceptors (Lipinski definition) is 5. The quantitative estimate of drug-likeness (QED) is 0.720. The van der Waals surface area contributed by atoms with Gasteiger partial charge >= 0.3 is 0 Å². The predicted octanol–water partition coefficient (Wildman–Crippen LogP) is 2.44. The summed E-state index contributed by atoms with van der Waals surface area (Å²) in [6.45, 7) is 1.90. The molecule has 4 rings (SSSR count). The summed E-state index contributed by atoms with van der Waals surface area (Å²) in [5.74, 6) is 2.31. The highest BCUT2D eigenvalue weighted by molar-refractivity contribution is 5.84. The first kappa shape index (κ1) is 14.8. The van der Waals surface area contributed by atoms with E-state index in [9.17, 15) is 5.11 Å². The molecule has 2 aromatic carbocycles. The molecule has 0 amide bonds. The van der Waals surface area contributed by atoms with E-state index in [2.05, 4.69) is 4.57 Å². The van der Waals surface area contributed by atoms with Crippen molar-refractivity contribution >= 4 is 16.7 Å². The van der Waals surface area contributed by atoms with Crippen LogP contribution in [0.1, 0.15) is 6.42 Å². The zero-order valence-corrected chi connectivity index (χ0v) is 13.2. The maximum atomic E-state index is 9.23. The van der Waals surface area contributed by atoms with Crippen molar-refractivity contribution in [3.8, 4) is 22.9 Å². The van der Waals surface area contributed by atoms with Crippen molar-refractivity contribution in [3.05, 3.63) is 36.4 Å². The summed E-state index contributed by atoms with van der Waals surface area (Å²) < 4.78 is 13.4. The molecule has 0 spiro atoms. The van der Waals surface area contributed by atoms with E-state index < -0.39 is 0 Å². The van der Waals surface area contributed by atoms with Crippen molar-refractivity contribution in [2.24, 2.45) is 0 Å². The normalized spacial score (nSPS) is 13.4. The molecule has 0 fully saturated rings. The lowest BCUT2D eigenvalue weighted by Crippen LogP contribution is -2.15. The van der Waals surface area contributed by atoms with Crippen molar-refractivity contribution in [1.82, 2.24) is 9.55 Å². The Morgan fingerprint density at radius 2 is 1.79 bits per heavy atom. The number of rotatable bonds is 4. The van der Waals surface area contributed by atoms with Gasteiger partial charge in [-0.25, -0.2) is 4.98 Å². The molecule has 124 valence electrons. The largest absolute Gasteiger partial charge is 0.486 e. The Hall–Kier alpha value is -2.73. The Morgan fingerprint density at radius 1 is 1.08 bits per heavy atom. The van der Waals surface area contributed by atoms with Crippen molar-refractivity contribution in [3.63, 3.8) is 0 Å². The first-order valence-electron chi connectivity index (χ1n) is 8.03. The Kier molecular flexibility index (Phi) is 3.74. The first-order chi connectivity index (χ1) is 11.8. The van der Waals surface area contributed by atoms with Gasteiger partial charge in [0.15, 0.2) is 11.5 Å². The minimum absolute atomic E-state index is 0.130. The molecule has 3 N–H and O–H groups in total. The number of aromatic nitrogens is 2. The zero-order chi connectivity index (χ0) is 16.5. The summed E-state index contributed by atoms with van der Waals surface area (Å²) in [5.41, 5.74) is 9.31. The molecular weight excluding hydrogens is 306 g/mol. The second-order valence-electron chi connectivity index (χ2n) is 5.77. The van der Waals surface area contributed by atoms with Crippen molar-refractivity contribution in [2.45, 2.75) is 13.0 Å². The Labute approximate surface area is 139 Å². The minimum Gasteiger partial charge on any atom is -0.486 e. The number of aliphatic hydroxyl groups excluding tert-OH is 1. The predicted molar refractivity (Wildman–Crippen MR) is 92.3 cm³/mol. The summed E-state index contributed by atoms with van der Waals surface area (Å²) in [6, 6.07) is 11.5. The van der Waals surface area contributed by atoms with Crippen LogP contribution in [0.25, 0.3) is 22.4 Å². The molecule has 0 aliphatic carbocycles. The second kappa shape index (κ2) is 6.05. The molecule has 0 radical (unpaired) electrons. The number of hydrogen-bond donors (Lipinski definition) is 2. The van der Waals surface area contributed by atoms with Gasteiger partial charge in [-0.1, -0.05) is 0 Å². The molecule has 0 saturated heterocycles. The Balaban J connectivity index is 1.89. The number of anilines is 1. The third-order valence-corrected chi connectivity index (χ3v) is 4.12. The van der Waals surface area contributed by atoms with E-state index in [0.717, 1.165) is 33.9 Å². The van der Waals surface area contributed by atoms with Crippen molar-refractivity contribution < 1.29 is 14.6 Å². The van der Waals surface area contributed by atoms with Crippen LogP contribution in [0, 0.1) is 0 Å². The summed E-state index contributed by atoms with van der Waals surface area (Å²) in [6.07, 6.45) is 0.655. The average molecular weight is 325 g/mol. The molecule has 0 unspecified atom stereocenters. The van der Waals surface area contributed by atoms with Gasteiger partial charge in [0.05, 0.1) is 11.0 Å². The van der Waals surface area contributed by atoms with Gasteiger partial charge in [0.1, 0.15) is 19.0 Å². The van der Waals surface area contributed by atoms with Gasteiger partial charge in [-0.15, -0.1) is 0 Å². The van der Waals surface area contributed by atoms with Gasteiger partial charge in [0.25, 0.3) is 0 Å². The van der Waals surface area contributed by atoms with E-state index in [4.69, 9.17) is 20.2 Å². The lowest BCUT2D eigenvalue weighted by atomic mass is 10.2. The fourth-order valence-corrected chi connectivity index (χ4v) is 2.97.